The van der Waals surface area contributed by atoms with Crippen LogP contribution in [-0.2, 0) is 11.3 Å². The van der Waals surface area contributed by atoms with Crippen molar-refractivity contribution in [3.8, 4) is 0 Å². The molecular formula is C14H23N3O. The summed E-state index contributed by atoms with van der Waals surface area (Å²) in [7, 11) is 0. The second kappa shape index (κ2) is 6.71. The monoisotopic (exact) mass is 249 g/mol. The highest BCUT2D eigenvalue weighted by Gasteiger charge is 2.21. The summed E-state index contributed by atoms with van der Waals surface area (Å²) in [4.78, 5) is 6.94. The molecule has 100 valence electrons. The molecule has 0 saturated carbocycles. The minimum Gasteiger partial charge on any atom is -0.385 e. The fraction of sp³-hybridized carbons (Fsp3) is 0.643. The first-order chi connectivity index (χ1) is 8.83. The van der Waals surface area contributed by atoms with E-state index in [1.165, 1.54) is 0 Å². The van der Waals surface area contributed by atoms with Crippen LogP contribution in [0.3, 0.4) is 0 Å². The molecule has 0 spiro atoms. The van der Waals surface area contributed by atoms with Crippen LogP contribution < -0.4 is 5.32 Å². The summed E-state index contributed by atoms with van der Waals surface area (Å²) < 4.78 is 5.53. The van der Waals surface area contributed by atoms with Crippen molar-refractivity contribution in [2.45, 2.75) is 32.9 Å². The van der Waals surface area contributed by atoms with Crippen LogP contribution in [0.4, 0.5) is 5.69 Å². The van der Waals surface area contributed by atoms with Crippen molar-refractivity contribution in [3.63, 3.8) is 0 Å². The smallest absolute Gasteiger partial charge is 0.0622 e. The van der Waals surface area contributed by atoms with Gasteiger partial charge in [0.05, 0.1) is 18.9 Å². The van der Waals surface area contributed by atoms with Crippen molar-refractivity contribution in [3.05, 3.63) is 24.0 Å². The average molecular weight is 249 g/mol. The van der Waals surface area contributed by atoms with E-state index < -0.39 is 0 Å². The summed E-state index contributed by atoms with van der Waals surface area (Å²) in [5.74, 6) is 0. The average Bonchev–Trinajstić information content (AvgIpc) is 2.40. The number of ether oxygens (including phenoxy) is 1. The van der Waals surface area contributed by atoms with Crippen LogP contribution in [0.2, 0.25) is 0 Å². The summed E-state index contributed by atoms with van der Waals surface area (Å²) in [6, 6.07) is 4.69. The normalized spacial score (nSPS) is 20.9. The number of aromatic nitrogens is 1. The van der Waals surface area contributed by atoms with Gasteiger partial charge in [0.2, 0.25) is 0 Å². The highest BCUT2D eigenvalue weighted by Crippen LogP contribution is 2.15. The Hall–Kier alpha value is -1.13. The fourth-order valence-electron chi connectivity index (χ4n) is 2.36. The van der Waals surface area contributed by atoms with Gasteiger partial charge in [-0.15, -0.1) is 0 Å². The van der Waals surface area contributed by atoms with Crippen molar-refractivity contribution in [2.75, 3.05) is 31.6 Å². The highest BCUT2D eigenvalue weighted by atomic mass is 16.5. The molecule has 1 unspecified atom stereocenters. The zero-order valence-corrected chi connectivity index (χ0v) is 11.4. The van der Waals surface area contributed by atoms with Crippen LogP contribution in [0.25, 0.3) is 0 Å². The third-order valence-corrected chi connectivity index (χ3v) is 3.38. The standard InChI is InChI=1S/C14H23N3O/c1-3-14-11-18-8-7-17(14)10-13-9-12(15-4-2)5-6-16-13/h5-6,9,14H,3-4,7-8,10-11H2,1-2H3,(H,15,16). The molecule has 1 fully saturated rings. The maximum Gasteiger partial charge on any atom is 0.0622 e. The highest BCUT2D eigenvalue weighted by molar-refractivity contribution is 5.42. The summed E-state index contributed by atoms with van der Waals surface area (Å²) >= 11 is 0. The Bertz CT molecular complexity index is 370. The second-order valence-electron chi connectivity index (χ2n) is 4.67. The first-order valence-corrected chi connectivity index (χ1v) is 6.84. The maximum atomic E-state index is 5.53. The number of nitrogens with one attached hydrogen (secondary N) is 1. The van der Waals surface area contributed by atoms with E-state index >= 15 is 0 Å². The first kappa shape index (κ1) is 13.3. The Morgan fingerprint density at radius 2 is 2.39 bits per heavy atom. The van der Waals surface area contributed by atoms with Gasteiger partial charge in [-0.1, -0.05) is 6.92 Å². The molecule has 1 aromatic rings. The van der Waals surface area contributed by atoms with Crippen molar-refractivity contribution < 1.29 is 4.74 Å². The molecule has 4 heteroatoms. The van der Waals surface area contributed by atoms with E-state index in [1.807, 2.05) is 12.3 Å². The lowest BCUT2D eigenvalue weighted by Gasteiger charge is -2.34. The Kier molecular flexibility index (Phi) is 4.96. The number of pyridine rings is 1. The number of rotatable bonds is 5. The van der Waals surface area contributed by atoms with Crippen LogP contribution in [0.5, 0.6) is 0 Å². The van der Waals surface area contributed by atoms with Gasteiger partial charge in [0.15, 0.2) is 0 Å². The zero-order valence-electron chi connectivity index (χ0n) is 11.4. The van der Waals surface area contributed by atoms with Crippen LogP contribution in [0.1, 0.15) is 26.0 Å². The quantitative estimate of drug-likeness (QED) is 0.867. The first-order valence-electron chi connectivity index (χ1n) is 6.84. The number of nitrogens with zero attached hydrogens (tertiary/aromatic N) is 2. The van der Waals surface area contributed by atoms with E-state index in [1.54, 1.807) is 0 Å². The van der Waals surface area contributed by atoms with E-state index in [0.29, 0.717) is 6.04 Å². The molecule has 4 nitrogen and oxygen atoms in total. The lowest BCUT2D eigenvalue weighted by Crippen LogP contribution is -2.44. The molecule has 2 rings (SSSR count). The van der Waals surface area contributed by atoms with Crippen LogP contribution in [0, 0.1) is 0 Å². The van der Waals surface area contributed by atoms with Gasteiger partial charge in [0.1, 0.15) is 0 Å². The van der Waals surface area contributed by atoms with E-state index in [-0.39, 0.29) is 0 Å². The minimum absolute atomic E-state index is 0.531. The summed E-state index contributed by atoms with van der Waals surface area (Å²) in [5.41, 5.74) is 2.29. The predicted molar refractivity (Wildman–Crippen MR) is 73.7 cm³/mol. The largest absolute Gasteiger partial charge is 0.385 e. The number of morpholine rings is 1. The fourth-order valence-corrected chi connectivity index (χ4v) is 2.36. The Morgan fingerprint density at radius 1 is 1.50 bits per heavy atom. The molecule has 0 aliphatic carbocycles. The maximum absolute atomic E-state index is 5.53. The summed E-state index contributed by atoms with van der Waals surface area (Å²) in [5, 5.41) is 3.33. The molecule has 1 aliphatic rings. The van der Waals surface area contributed by atoms with Crippen LogP contribution in [-0.4, -0.2) is 42.2 Å². The van der Waals surface area contributed by atoms with Crippen molar-refractivity contribution in [2.24, 2.45) is 0 Å². The van der Waals surface area contributed by atoms with Gasteiger partial charge >= 0.3 is 0 Å². The Balaban J connectivity index is 2.00. The summed E-state index contributed by atoms with van der Waals surface area (Å²) in [6.45, 7) is 8.88. The molecule has 1 aromatic heterocycles. The zero-order chi connectivity index (χ0) is 12.8. The molecule has 1 atom stereocenters. The third-order valence-electron chi connectivity index (χ3n) is 3.38. The second-order valence-corrected chi connectivity index (χ2v) is 4.67. The number of hydrogen-bond donors (Lipinski definition) is 1. The van der Waals surface area contributed by atoms with Crippen molar-refractivity contribution in [1.82, 2.24) is 9.88 Å². The van der Waals surface area contributed by atoms with E-state index in [0.717, 1.165) is 50.7 Å². The van der Waals surface area contributed by atoms with Gasteiger partial charge in [-0.3, -0.25) is 9.88 Å². The third kappa shape index (κ3) is 3.43. The van der Waals surface area contributed by atoms with E-state index in [9.17, 15) is 0 Å². The van der Waals surface area contributed by atoms with Gasteiger partial charge in [0.25, 0.3) is 0 Å². The molecular weight excluding hydrogens is 226 g/mol. The Morgan fingerprint density at radius 3 is 3.17 bits per heavy atom. The van der Waals surface area contributed by atoms with E-state index in [4.69, 9.17) is 4.74 Å². The van der Waals surface area contributed by atoms with E-state index in [2.05, 4.69) is 35.1 Å². The predicted octanol–water partition coefficient (Wildman–Crippen LogP) is 2.12. The molecule has 2 heterocycles. The molecule has 0 radical (unpaired) electrons. The van der Waals surface area contributed by atoms with Crippen molar-refractivity contribution in [1.29, 1.82) is 0 Å². The van der Waals surface area contributed by atoms with Gasteiger partial charge in [-0.05, 0) is 25.5 Å². The van der Waals surface area contributed by atoms with Crippen LogP contribution in [0.15, 0.2) is 18.3 Å². The van der Waals surface area contributed by atoms with Gasteiger partial charge in [-0.25, -0.2) is 0 Å². The van der Waals surface area contributed by atoms with Gasteiger partial charge in [0, 0.05) is 37.6 Å². The number of hydrogen-bond acceptors (Lipinski definition) is 4. The molecule has 18 heavy (non-hydrogen) atoms. The lowest BCUT2D eigenvalue weighted by molar-refractivity contribution is -0.0132. The topological polar surface area (TPSA) is 37.4 Å². The Labute approximate surface area is 109 Å². The van der Waals surface area contributed by atoms with Crippen LogP contribution >= 0.6 is 0 Å². The minimum atomic E-state index is 0.531. The van der Waals surface area contributed by atoms with Gasteiger partial charge in [-0.2, -0.15) is 0 Å². The molecule has 0 bridgehead atoms. The molecule has 1 aliphatic heterocycles. The molecule has 0 aromatic carbocycles. The SMILES string of the molecule is CCNc1ccnc(CN2CCOCC2CC)c1. The summed E-state index contributed by atoms with van der Waals surface area (Å²) in [6.07, 6.45) is 3.02. The van der Waals surface area contributed by atoms with Gasteiger partial charge < -0.3 is 10.1 Å². The number of anilines is 1. The molecule has 1 N–H and O–H groups in total. The van der Waals surface area contributed by atoms with Crippen molar-refractivity contribution >= 4 is 5.69 Å². The molecule has 0 amide bonds. The molecule has 1 saturated heterocycles. The lowest BCUT2D eigenvalue weighted by atomic mass is 10.1.